The van der Waals surface area contributed by atoms with E-state index in [1.807, 2.05) is 0 Å². The molecule has 0 heterocycles. The molecule has 0 unspecified atom stereocenters. The van der Waals surface area contributed by atoms with E-state index in [0.29, 0.717) is 0 Å². The summed E-state index contributed by atoms with van der Waals surface area (Å²) in [5, 5.41) is 3.77. The molecule has 88 valence electrons. The lowest BCUT2D eigenvalue weighted by molar-refractivity contribution is 0.279. The maximum atomic E-state index is 3.77. The highest BCUT2D eigenvalue weighted by molar-refractivity contribution is 4.94. The molecule has 15 heavy (non-hydrogen) atoms. The highest BCUT2D eigenvalue weighted by atomic mass is 15.1. The second kappa shape index (κ2) is 5.31. The molecule has 0 spiro atoms. The summed E-state index contributed by atoms with van der Waals surface area (Å²) in [6, 6.07) is 0.860. The molecule has 2 aliphatic rings. The number of nitrogens with zero attached hydrogens (tertiary/aromatic N) is 1. The second-order valence-corrected chi connectivity index (χ2v) is 5.26. The number of hydrogen-bond acceptors (Lipinski definition) is 2. The Morgan fingerprint density at radius 3 is 2.47 bits per heavy atom. The molecular formula is C13H26N2. The standard InChI is InChI=1S/C13H26N2/c1-3-15(4-2)8-7-14-13-10-11-5-6-12(13)9-11/h11-14H,3-10H2,1-2H3/t11-,12-,13+/m1/s1. The van der Waals surface area contributed by atoms with Crippen molar-refractivity contribution in [1.82, 2.24) is 10.2 Å². The fourth-order valence-electron chi connectivity index (χ4n) is 3.44. The van der Waals surface area contributed by atoms with Crippen LogP contribution in [-0.2, 0) is 0 Å². The van der Waals surface area contributed by atoms with Gasteiger partial charge in [0.1, 0.15) is 0 Å². The largest absolute Gasteiger partial charge is 0.312 e. The van der Waals surface area contributed by atoms with Crippen LogP contribution in [0.2, 0.25) is 0 Å². The molecule has 2 bridgehead atoms. The lowest BCUT2D eigenvalue weighted by Crippen LogP contribution is -2.39. The molecule has 0 aliphatic heterocycles. The van der Waals surface area contributed by atoms with Crippen molar-refractivity contribution in [2.75, 3.05) is 26.2 Å². The van der Waals surface area contributed by atoms with E-state index in [4.69, 9.17) is 0 Å². The van der Waals surface area contributed by atoms with E-state index in [9.17, 15) is 0 Å². The monoisotopic (exact) mass is 210 g/mol. The van der Waals surface area contributed by atoms with Gasteiger partial charge >= 0.3 is 0 Å². The molecule has 1 N–H and O–H groups in total. The summed E-state index contributed by atoms with van der Waals surface area (Å²) in [6.45, 7) is 9.29. The summed E-state index contributed by atoms with van der Waals surface area (Å²) in [5.74, 6) is 2.09. The van der Waals surface area contributed by atoms with Gasteiger partial charge in [0.25, 0.3) is 0 Å². The topological polar surface area (TPSA) is 15.3 Å². The minimum atomic E-state index is 0.860. The van der Waals surface area contributed by atoms with Crippen molar-refractivity contribution in [2.45, 2.75) is 45.6 Å². The first-order chi connectivity index (χ1) is 7.33. The summed E-state index contributed by atoms with van der Waals surface area (Å²) in [6.07, 6.45) is 5.98. The van der Waals surface area contributed by atoms with Gasteiger partial charge in [-0.2, -0.15) is 0 Å². The molecule has 0 aromatic carbocycles. The first-order valence-electron chi connectivity index (χ1n) is 6.79. The first-order valence-corrected chi connectivity index (χ1v) is 6.79. The number of nitrogens with one attached hydrogen (secondary N) is 1. The smallest absolute Gasteiger partial charge is 0.0107 e. The number of rotatable bonds is 6. The first kappa shape index (κ1) is 11.4. The summed E-state index contributed by atoms with van der Waals surface area (Å²) >= 11 is 0. The van der Waals surface area contributed by atoms with Crippen molar-refractivity contribution >= 4 is 0 Å². The number of likely N-dealkylation sites (N-methyl/N-ethyl adjacent to an activating group) is 1. The predicted molar refractivity (Wildman–Crippen MR) is 65.0 cm³/mol. The lowest BCUT2D eigenvalue weighted by Gasteiger charge is -2.25. The van der Waals surface area contributed by atoms with Crippen LogP contribution < -0.4 is 5.32 Å². The molecule has 0 aromatic rings. The normalized spacial score (nSPS) is 34.2. The van der Waals surface area contributed by atoms with Crippen LogP contribution in [0.25, 0.3) is 0 Å². The van der Waals surface area contributed by atoms with Crippen LogP contribution in [-0.4, -0.2) is 37.1 Å². The van der Waals surface area contributed by atoms with Crippen molar-refractivity contribution in [3.8, 4) is 0 Å². The third kappa shape index (κ3) is 2.73. The zero-order valence-electron chi connectivity index (χ0n) is 10.3. The van der Waals surface area contributed by atoms with Crippen molar-refractivity contribution in [3.63, 3.8) is 0 Å². The van der Waals surface area contributed by atoms with Crippen LogP contribution in [0.1, 0.15) is 39.5 Å². The molecule has 2 aliphatic carbocycles. The van der Waals surface area contributed by atoms with Gasteiger partial charge < -0.3 is 10.2 Å². The van der Waals surface area contributed by atoms with Crippen LogP contribution in [0, 0.1) is 11.8 Å². The van der Waals surface area contributed by atoms with Gasteiger partial charge in [-0.25, -0.2) is 0 Å². The molecule has 2 heteroatoms. The SMILES string of the molecule is CCN(CC)CCN[C@H]1C[C@@H]2CC[C@@H]1C2. The molecule has 3 atom stereocenters. The van der Waals surface area contributed by atoms with E-state index in [1.54, 1.807) is 0 Å². The molecule has 0 saturated heterocycles. The van der Waals surface area contributed by atoms with Gasteiger partial charge in [-0.1, -0.05) is 20.3 Å². The third-order valence-corrected chi connectivity index (χ3v) is 4.47. The van der Waals surface area contributed by atoms with Crippen LogP contribution in [0.15, 0.2) is 0 Å². The molecule has 2 rings (SSSR count). The lowest BCUT2D eigenvalue weighted by atomic mass is 9.95. The zero-order valence-corrected chi connectivity index (χ0v) is 10.3. The summed E-state index contributed by atoms with van der Waals surface area (Å²) < 4.78 is 0. The molecule has 2 fully saturated rings. The predicted octanol–water partition coefficient (Wildman–Crippen LogP) is 2.11. The van der Waals surface area contributed by atoms with Crippen LogP contribution in [0.4, 0.5) is 0 Å². The Morgan fingerprint density at radius 2 is 1.93 bits per heavy atom. The van der Waals surface area contributed by atoms with Gasteiger partial charge in [0.05, 0.1) is 0 Å². The maximum Gasteiger partial charge on any atom is 0.0107 e. The van der Waals surface area contributed by atoms with E-state index in [1.165, 1.54) is 51.9 Å². The van der Waals surface area contributed by atoms with Crippen molar-refractivity contribution < 1.29 is 0 Å². The van der Waals surface area contributed by atoms with E-state index < -0.39 is 0 Å². The molecule has 0 radical (unpaired) electrons. The van der Waals surface area contributed by atoms with E-state index >= 15 is 0 Å². The number of fused-ring (bicyclic) bond motifs is 2. The van der Waals surface area contributed by atoms with Gasteiger partial charge in [0, 0.05) is 19.1 Å². The van der Waals surface area contributed by atoms with E-state index in [-0.39, 0.29) is 0 Å². The Bertz CT molecular complexity index is 189. The molecule has 2 saturated carbocycles. The fourth-order valence-corrected chi connectivity index (χ4v) is 3.44. The average Bonchev–Trinajstić information content (AvgIpc) is 2.86. The zero-order chi connectivity index (χ0) is 10.7. The summed E-state index contributed by atoms with van der Waals surface area (Å²) in [5.41, 5.74) is 0. The summed E-state index contributed by atoms with van der Waals surface area (Å²) in [4.78, 5) is 2.50. The Labute approximate surface area is 94.4 Å². The minimum Gasteiger partial charge on any atom is -0.312 e. The quantitative estimate of drug-likeness (QED) is 0.722. The van der Waals surface area contributed by atoms with Gasteiger partial charge in [-0.15, -0.1) is 0 Å². The Hall–Kier alpha value is -0.0800. The van der Waals surface area contributed by atoms with Crippen molar-refractivity contribution in [2.24, 2.45) is 11.8 Å². The van der Waals surface area contributed by atoms with Gasteiger partial charge in [0.2, 0.25) is 0 Å². The highest BCUT2D eigenvalue weighted by Crippen LogP contribution is 2.44. The summed E-state index contributed by atoms with van der Waals surface area (Å²) in [7, 11) is 0. The Kier molecular flexibility index (Phi) is 4.04. The minimum absolute atomic E-state index is 0.860. The second-order valence-electron chi connectivity index (χ2n) is 5.26. The number of hydrogen-bond donors (Lipinski definition) is 1. The Balaban J connectivity index is 1.62. The average molecular weight is 210 g/mol. The van der Waals surface area contributed by atoms with Crippen LogP contribution in [0.5, 0.6) is 0 Å². The van der Waals surface area contributed by atoms with Gasteiger partial charge in [-0.3, -0.25) is 0 Å². The maximum absolute atomic E-state index is 3.77. The molecular weight excluding hydrogens is 184 g/mol. The molecule has 2 nitrogen and oxygen atoms in total. The van der Waals surface area contributed by atoms with Crippen molar-refractivity contribution in [1.29, 1.82) is 0 Å². The van der Waals surface area contributed by atoms with E-state index in [2.05, 4.69) is 24.1 Å². The molecule has 0 amide bonds. The van der Waals surface area contributed by atoms with Gasteiger partial charge in [-0.05, 0) is 44.2 Å². The van der Waals surface area contributed by atoms with Crippen LogP contribution >= 0.6 is 0 Å². The van der Waals surface area contributed by atoms with Gasteiger partial charge in [0.15, 0.2) is 0 Å². The fraction of sp³-hybridized carbons (Fsp3) is 1.00. The Morgan fingerprint density at radius 1 is 1.13 bits per heavy atom. The van der Waals surface area contributed by atoms with E-state index in [0.717, 1.165) is 17.9 Å². The van der Waals surface area contributed by atoms with Crippen molar-refractivity contribution in [3.05, 3.63) is 0 Å². The third-order valence-electron chi connectivity index (χ3n) is 4.47. The van der Waals surface area contributed by atoms with Crippen LogP contribution in [0.3, 0.4) is 0 Å². The highest BCUT2D eigenvalue weighted by Gasteiger charge is 2.38. The molecule has 0 aromatic heterocycles.